The third-order valence-electron chi connectivity index (χ3n) is 5.54. The van der Waals surface area contributed by atoms with Gasteiger partial charge in [-0.1, -0.05) is 0 Å². The van der Waals surface area contributed by atoms with Crippen LogP contribution in [0.4, 0.5) is 0 Å². The van der Waals surface area contributed by atoms with Crippen molar-refractivity contribution >= 4 is 11.3 Å². The first-order valence-electron chi connectivity index (χ1n) is 9.93. The van der Waals surface area contributed by atoms with Crippen molar-refractivity contribution in [1.29, 1.82) is 0 Å². The second-order valence-corrected chi connectivity index (χ2v) is 8.89. The standard InChI is InChI=1S/C21H23N5OS/c27-21-8-7-17(16-4-3-9-22-10-16)24-26(21)13-15-11-25(12-15)14-20-23-18-5-1-2-6-19(18)28-20/h3-4,7-10,15H,1-2,5-6,11-14H2. The maximum atomic E-state index is 12.2. The molecule has 0 bridgehead atoms. The van der Waals surface area contributed by atoms with Crippen LogP contribution in [-0.2, 0) is 25.9 Å². The first-order chi connectivity index (χ1) is 13.7. The fourth-order valence-electron chi connectivity index (χ4n) is 4.08. The molecule has 1 fully saturated rings. The van der Waals surface area contributed by atoms with Crippen LogP contribution in [-0.4, -0.2) is 37.7 Å². The Bertz CT molecular complexity index is 999. The molecule has 1 saturated heterocycles. The molecule has 0 saturated carbocycles. The van der Waals surface area contributed by atoms with E-state index in [-0.39, 0.29) is 5.56 Å². The van der Waals surface area contributed by atoms with Crippen molar-refractivity contribution in [2.45, 2.75) is 38.8 Å². The first-order valence-corrected chi connectivity index (χ1v) is 10.7. The van der Waals surface area contributed by atoms with Crippen LogP contribution in [0.3, 0.4) is 0 Å². The number of hydrogen-bond donors (Lipinski definition) is 0. The van der Waals surface area contributed by atoms with Crippen molar-refractivity contribution in [3.05, 3.63) is 62.6 Å². The predicted octanol–water partition coefficient (Wildman–Crippen LogP) is 2.77. The van der Waals surface area contributed by atoms with Crippen molar-refractivity contribution in [3.63, 3.8) is 0 Å². The molecule has 0 aromatic carbocycles. The van der Waals surface area contributed by atoms with Crippen LogP contribution < -0.4 is 5.56 Å². The van der Waals surface area contributed by atoms with Crippen LogP contribution in [0.2, 0.25) is 0 Å². The van der Waals surface area contributed by atoms with Gasteiger partial charge < -0.3 is 0 Å². The van der Waals surface area contributed by atoms with Crippen LogP contribution >= 0.6 is 11.3 Å². The van der Waals surface area contributed by atoms with Crippen LogP contribution in [0.1, 0.15) is 28.4 Å². The minimum atomic E-state index is -0.0429. The smallest absolute Gasteiger partial charge is 0.266 e. The number of nitrogens with zero attached hydrogens (tertiary/aromatic N) is 5. The summed E-state index contributed by atoms with van der Waals surface area (Å²) in [4.78, 5) is 25.1. The van der Waals surface area contributed by atoms with Crippen molar-refractivity contribution in [2.24, 2.45) is 5.92 Å². The van der Waals surface area contributed by atoms with Crippen molar-refractivity contribution < 1.29 is 0 Å². The molecule has 0 radical (unpaired) electrons. The fourth-order valence-corrected chi connectivity index (χ4v) is 5.28. The number of aromatic nitrogens is 4. The van der Waals surface area contributed by atoms with E-state index in [1.54, 1.807) is 29.2 Å². The quantitative estimate of drug-likeness (QED) is 0.667. The topological polar surface area (TPSA) is 63.9 Å². The van der Waals surface area contributed by atoms with Gasteiger partial charge in [-0.15, -0.1) is 11.3 Å². The molecule has 0 amide bonds. The summed E-state index contributed by atoms with van der Waals surface area (Å²) in [7, 11) is 0. The van der Waals surface area contributed by atoms with E-state index in [2.05, 4.69) is 15.0 Å². The Morgan fingerprint density at radius 3 is 2.86 bits per heavy atom. The molecule has 6 nitrogen and oxygen atoms in total. The molecule has 144 valence electrons. The second kappa shape index (κ2) is 7.56. The van der Waals surface area contributed by atoms with E-state index in [0.29, 0.717) is 12.5 Å². The number of aryl methyl sites for hydroxylation is 2. The molecule has 7 heteroatoms. The molecule has 3 aromatic rings. The maximum Gasteiger partial charge on any atom is 0.266 e. The minimum Gasteiger partial charge on any atom is -0.296 e. The van der Waals surface area contributed by atoms with E-state index in [0.717, 1.165) is 37.3 Å². The summed E-state index contributed by atoms with van der Waals surface area (Å²) < 4.78 is 1.60. The van der Waals surface area contributed by atoms with Gasteiger partial charge in [0.1, 0.15) is 5.01 Å². The Labute approximate surface area is 167 Å². The zero-order chi connectivity index (χ0) is 18.9. The molecule has 0 unspecified atom stereocenters. The van der Waals surface area contributed by atoms with Gasteiger partial charge in [-0.05, 0) is 43.9 Å². The van der Waals surface area contributed by atoms with Crippen LogP contribution in [0.5, 0.6) is 0 Å². The summed E-state index contributed by atoms with van der Waals surface area (Å²) in [5.74, 6) is 0.462. The summed E-state index contributed by atoms with van der Waals surface area (Å²) in [6.45, 7) is 3.59. The third-order valence-corrected chi connectivity index (χ3v) is 6.68. The molecule has 0 N–H and O–H groups in total. The molecule has 0 spiro atoms. The van der Waals surface area contributed by atoms with Gasteiger partial charge in [0.05, 0.1) is 24.5 Å². The number of hydrogen-bond acceptors (Lipinski definition) is 6. The van der Waals surface area contributed by atoms with Crippen molar-refractivity contribution in [1.82, 2.24) is 24.6 Å². The summed E-state index contributed by atoms with van der Waals surface area (Å²) >= 11 is 1.89. The Hall–Kier alpha value is -2.38. The molecule has 1 aliphatic heterocycles. The number of thiazole rings is 1. The Morgan fingerprint density at radius 1 is 1.14 bits per heavy atom. The van der Waals surface area contributed by atoms with Gasteiger partial charge in [-0.3, -0.25) is 14.7 Å². The van der Waals surface area contributed by atoms with Crippen LogP contribution in [0.25, 0.3) is 11.3 Å². The number of fused-ring (bicyclic) bond motifs is 1. The molecular weight excluding hydrogens is 370 g/mol. The molecule has 2 aliphatic rings. The van der Waals surface area contributed by atoms with E-state index < -0.39 is 0 Å². The van der Waals surface area contributed by atoms with Gasteiger partial charge >= 0.3 is 0 Å². The normalized spacial score (nSPS) is 17.3. The molecular formula is C21H23N5OS. The largest absolute Gasteiger partial charge is 0.296 e. The van der Waals surface area contributed by atoms with Gasteiger partial charge in [0.15, 0.2) is 0 Å². The summed E-state index contributed by atoms with van der Waals surface area (Å²) in [5.41, 5.74) is 3.02. The second-order valence-electron chi connectivity index (χ2n) is 7.73. The van der Waals surface area contributed by atoms with E-state index in [4.69, 9.17) is 4.98 Å². The lowest BCUT2D eigenvalue weighted by atomic mass is 10.0. The van der Waals surface area contributed by atoms with Crippen molar-refractivity contribution in [3.8, 4) is 11.3 Å². The summed E-state index contributed by atoms with van der Waals surface area (Å²) in [5, 5.41) is 5.80. The lowest BCUT2D eigenvalue weighted by molar-refractivity contribution is 0.0766. The lowest BCUT2D eigenvalue weighted by Crippen LogP contribution is -2.48. The highest BCUT2D eigenvalue weighted by molar-refractivity contribution is 7.11. The molecule has 5 rings (SSSR count). The number of likely N-dealkylation sites (tertiary alicyclic amines) is 1. The Kier molecular flexibility index (Phi) is 4.78. The van der Waals surface area contributed by atoms with Crippen LogP contribution in [0.15, 0.2) is 41.5 Å². The SMILES string of the molecule is O=c1ccc(-c2cccnc2)nn1CC1CN(Cc2nc3c(s2)CCCC3)C1. The highest BCUT2D eigenvalue weighted by Crippen LogP contribution is 2.29. The van der Waals surface area contributed by atoms with Gasteiger partial charge in [-0.25, -0.2) is 9.67 Å². The van der Waals surface area contributed by atoms with E-state index in [1.165, 1.54) is 34.8 Å². The molecule has 1 aliphatic carbocycles. The summed E-state index contributed by atoms with van der Waals surface area (Å²) in [6.07, 6.45) is 8.45. The minimum absolute atomic E-state index is 0.0429. The van der Waals surface area contributed by atoms with E-state index >= 15 is 0 Å². The Balaban J connectivity index is 1.21. The third kappa shape index (κ3) is 3.64. The zero-order valence-electron chi connectivity index (χ0n) is 15.8. The monoisotopic (exact) mass is 393 g/mol. The molecule has 4 heterocycles. The zero-order valence-corrected chi connectivity index (χ0v) is 16.6. The average Bonchev–Trinajstić information content (AvgIpc) is 3.11. The predicted molar refractivity (Wildman–Crippen MR) is 109 cm³/mol. The van der Waals surface area contributed by atoms with Crippen LogP contribution in [0, 0.1) is 5.92 Å². The highest BCUT2D eigenvalue weighted by Gasteiger charge is 2.29. The molecule has 3 aromatic heterocycles. The first kappa shape index (κ1) is 17.7. The van der Waals surface area contributed by atoms with E-state index in [1.807, 2.05) is 23.5 Å². The van der Waals surface area contributed by atoms with Crippen molar-refractivity contribution in [2.75, 3.05) is 13.1 Å². The Morgan fingerprint density at radius 2 is 2.04 bits per heavy atom. The van der Waals surface area contributed by atoms with Gasteiger partial charge in [0.2, 0.25) is 0 Å². The van der Waals surface area contributed by atoms with Gasteiger partial charge in [0.25, 0.3) is 5.56 Å². The maximum absolute atomic E-state index is 12.2. The molecule has 0 atom stereocenters. The van der Waals surface area contributed by atoms with Gasteiger partial charge in [-0.2, -0.15) is 5.10 Å². The average molecular weight is 394 g/mol. The lowest BCUT2D eigenvalue weighted by Gasteiger charge is -2.38. The van der Waals surface area contributed by atoms with E-state index in [9.17, 15) is 4.79 Å². The highest BCUT2D eigenvalue weighted by atomic mass is 32.1. The van der Waals surface area contributed by atoms with Gasteiger partial charge in [0, 0.05) is 47.9 Å². The number of rotatable bonds is 5. The molecule has 28 heavy (non-hydrogen) atoms. The fraction of sp³-hybridized carbons (Fsp3) is 0.429. The number of pyridine rings is 1. The summed E-state index contributed by atoms with van der Waals surface area (Å²) in [6, 6.07) is 7.22.